The number of pyridine rings is 2. The van der Waals surface area contributed by atoms with Gasteiger partial charge in [0.15, 0.2) is 0 Å². The molecule has 34 heavy (non-hydrogen) atoms. The third-order valence-electron chi connectivity index (χ3n) is 4.44. The Kier molecular flexibility index (Phi) is 8.08. The molecule has 0 radical (unpaired) electrons. The lowest BCUT2D eigenvalue weighted by atomic mass is 10.2. The SMILES string of the molecule is O=C(Nc1ccc(Cl)cc1)c1cccnc1SSc1ncccc1C(=O)Nc1ccc(Cl)cc1. The molecule has 4 aromatic rings. The van der Waals surface area contributed by atoms with Crippen molar-refractivity contribution in [2.75, 3.05) is 10.6 Å². The highest BCUT2D eigenvalue weighted by molar-refractivity contribution is 8.76. The molecule has 0 saturated heterocycles. The monoisotopic (exact) mass is 526 g/mol. The van der Waals surface area contributed by atoms with E-state index in [1.165, 1.54) is 21.6 Å². The molecule has 170 valence electrons. The van der Waals surface area contributed by atoms with Gasteiger partial charge in [0, 0.05) is 33.8 Å². The Hall–Kier alpha value is -3.04. The van der Waals surface area contributed by atoms with E-state index in [0.717, 1.165) is 0 Å². The number of rotatable bonds is 7. The molecule has 4 rings (SSSR count). The number of nitrogens with zero attached hydrogens (tertiary/aromatic N) is 2. The minimum absolute atomic E-state index is 0.305. The Bertz CT molecular complexity index is 1220. The van der Waals surface area contributed by atoms with Crippen molar-refractivity contribution in [3.63, 3.8) is 0 Å². The number of hydrogen-bond acceptors (Lipinski definition) is 6. The highest BCUT2D eigenvalue weighted by atomic mass is 35.5. The first kappa shape index (κ1) is 24.1. The summed E-state index contributed by atoms with van der Waals surface area (Å²) in [6.45, 7) is 0. The lowest BCUT2D eigenvalue weighted by Gasteiger charge is -2.10. The van der Waals surface area contributed by atoms with Crippen LogP contribution < -0.4 is 10.6 Å². The van der Waals surface area contributed by atoms with Crippen LogP contribution >= 0.6 is 44.8 Å². The van der Waals surface area contributed by atoms with Crippen LogP contribution in [-0.4, -0.2) is 21.8 Å². The van der Waals surface area contributed by atoms with Gasteiger partial charge >= 0.3 is 0 Å². The van der Waals surface area contributed by atoms with E-state index in [1.807, 2.05) is 0 Å². The number of anilines is 2. The Morgan fingerprint density at radius 2 is 1.00 bits per heavy atom. The van der Waals surface area contributed by atoms with Crippen LogP contribution in [0, 0.1) is 0 Å². The van der Waals surface area contributed by atoms with Crippen LogP contribution in [0.4, 0.5) is 11.4 Å². The fourth-order valence-electron chi connectivity index (χ4n) is 2.80. The van der Waals surface area contributed by atoms with Gasteiger partial charge < -0.3 is 10.6 Å². The summed E-state index contributed by atoms with van der Waals surface area (Å²) in [6.07, 6.45) is 3.21. The summed E-state index contributed by atoms with van der Waals surface area (Å²) >= 11 is 11.8. The lowest BCUT2D eigenvalue weighted by molar-refractivity contribution is 0.101. The van der Waals surface area contributed by atoms with Gasteiger partial charge in [-0.1, -0.05) is 23.2 Å². The molecule has 2 aromatic heterocycles. The zero-order chi connectivity index (χ0) is 23.9. The van der Waals surface area contributed by atoms with E-state index in [9.17, 15) is 9.59 Å². The van der Waals surface area contributed by atoms with E-state index in [2.05, 4.69) is 20.6 Å². The Morgan fingerprint density at radius 1 is 0.618 bits per heavy atom. The van der Waals surface area contributed by atoms with Gasteiger partial charge in [-0.25, -0.2) is 9.97 Å². The highest BCUT2D eigenvalue weighted by Gasteiger charge is 2.17. The van der Waals surface area contributed by atoms with Gasteiger partial charge in [-0.3, -0.25) is 9.59 Å². The molecule has 0 bridgehead atoms. The van der Waals surface area contributed by atoms with Crippen molar-refractivity contribution < 1.29 is 9.59 Å². The van der Waals surface area contributed by atoms with Crippen LogP contribution in [0.3, 0.4) is 0 Å². The summed E-state index contributed by atoms with van der Waals surface area (Å²) in [5.74, 6) is -0.611. The second-order valence-corrected chi connectivity index (χ2v) is 9.78. The molecule has 2 aromatic carbocycles. The maximum Gasteiger partial charge on any atom is 0.258 e. The van der Waals surface area contributed by atoms with E-state index in [0.29, 0.717) is 42.6 Å². The third kappa shape index (κ3) is 6.30. The minimum Gasteiger partial charge on any atom is -0.322 e. The fourth-order valence-corrected chi connectivity index (χ4v) is 5.19. The van der Waals surface area contributed by atoms with Crippen LogP contribution in [-0.2, 0) is 0 Å². The van der Waals surface area contributed by atoms with Crippen molar-refractivity contribution in [3.05, 3.63) is 106 Å². The summed E-state index contributed by atoms with van der Waals surface area (Å²) in [6, 6.07) is 20.4. The van der Waals surface area contributed by atoms with E-state index in [4.69, 9.17) is 23.2 Å². The average molecular weight is 527 g/mol. The molecule has 6 nitrogen and oxygen atoms in total. The van der Waals surface area contributed by atoms with Gasteiger partial charge in [0.2, 0.25) is 0 Å². The molecular weight excluding hydrogens is 511 g/mol. The second-order valence-electron chi connectivity index (χ2n) is 6.80. The molecule has 10 heteroatoms. The van der Waals surface area contributed by atoms with Gasteiger partial charge in [-0.15, -0.1) is 0 Å². The largest absolute Gasteiger partial charge is 0.322 e. The van der Waals surface area contributed by atoms with Crippen LogP contribution in [0.5, 0.6) is 0 Å². The second kappa shape index (κ2) is 11.4. The number of benzene rings is 2. The van der Waals surface area contributed by atoms with Gasteiger partial charge in [0.05, 0.1) is 11.1 Å². The number of carbonyl (C=O) groups excluding carboxylic acids is 2. The summed E-state index contributed by atoms with van der Waals surface area (Å²) in [5.41, 5.74) is 2.04. The molecule has 0 fully saturated rings. The molecular formula is C24H16Cl2N4O2S2. The molecule has 0 spiro atoms. The molecule has 0 saturated carbocycles. The van der Waals surface area contributed by atoms with Crippen LogP contribution in [0.15, 0.2) is 95.2 Å². The summed E-state index contributed by atoms with van der Waals surface area (Å²) < 4.78 is 0. The van der Waals surface area contributed by atoms with E-state index < -0.39 is 0 Å². The predicted octanol–water partition coefficient (Wildman–Crippen LogP) is 7.09. The molecule has 0 aliphatic rings. The van der Waals surface area contributed by atoms with Crippen molar-refractivity contribution in [1.29, 1.82) is 0 Å². The molecule has 2 amide bonds. The summed E-state index contributed by atoms with van der Waals surface area (Å²) in [4.78, 5) is 34.4. The van der Waals surface area contributed by atoms with Crippen molar-refractivity contribution in [3.8, 4) is 0 Å². The topological polar surface area (TPSA) is 84.0 Å². The average Bonchev–Trinajstić information content (AvgIpc) is 2.86. The van der Waals surface area contributed by atoms with Crippen LogP contribution in [0.1, 0.15) is 20.7 Å². The Balaban J connectivity index is 1.48. The van der Waals surface area contributed by atoms with Crippen molar-refractivity contribution >= 4 is 68.0 Å². The standard InChI is InChI=1S/C24H16Cl2N4O2S2/c25-15-5-9-17(10-6-15)29-21(31)19-3-1-13-27-23(19)33-34-24-20(4-2-14-28-24)22(32)30-18-11-7-16(26)8-12-18/h1-14H,(H,29,31)(H,30,32). The molecule has 0 unspecified atom stereocenters. The fraction of sp³-hybridized carbons (Fsp3) is 0. The number of carbonyl (C=O) groups is 2. The zero-order valence-electron chi connectivity index (χ0n) is 17.4. The number of halogens is 2. The highest BCUT2D eigenvalue weighted by Crippen LogP contribution is 2.38. The molecule has 0 aliphatic carbocycles. The van der Waals surface area contributed by atoms with Gasteiger partial charge in [-0.05, 0) is 94.4 Å². The number of nitrogens with one attached hydrogen (secondary N) is 2. The van der Waals surface area contributed by atoms with Crippen molar-refractivity contribution in [2.45, 2.75) is 10.1 Å². The third-order valence-corrected chi connectivity index (χ3v) is 7.19. The van der Waals surface area contributed by atoms with Gasteiger partial charge in [-0.2, -0.15) is 0 Å². The predicted molar refractivity (Wildman–Crippen MR) is 139 cm³/mol. The normalized spacial score (nSPS) is 10.5. The van der Waals surface area contributed by atoms with Gasteiger partial charge in [0.25, 0.3) is 11.8 Å². The molecule has 0 atom stereocenters. The van der Waals surface area contributed by atoms with Crippen LogP contribution in [0.2, 0.25) is 10.0 Å². The quantitative estimate of drug-likeness (QED) is 0.250. The number of hydrogen-bond donors (Lipinski definition) is 2. The maximum absolute atomic E-state index is 12.8. The zero-order valence-corrected chi connectivity index (χ0v) is 20.5. The van der Waals surface area contributed by atoms with E-state index in [-0.39, 0.29) is 11.8 Å². The number of amides is 2. The first-order valence-corrected chi connectivity index (χ1v) is 12.8. The first-order valence-electron chi connectivity index (χ1n) is 9.88. The minimum atomic E-state index is -0.305. The summed E-state index contributed by atoms with van der Waals surface area (Å²) in [7, 11) is 2.49. The van der Waals surface area contributed by atoms with Gasteiger partial charge in [0.1, 0.15) is 10.1 Å². The number of aromatic nitrogens is 2. The van der Waals surface area contributed by atoms with E-state index in [1.54, 1.807) is 85.2 Å². The maximum atomic E-state index is 12.8. The van der Waals surface area contributed by atoms with Crippen molar-refractivity contribution in [1.82, 2.24) is 9.97 Å². The van der Waals surface area contributed by atoms with Crippen LogP contribution in [0.25, 0.3) is 0 Å². The van der Waals surface area contributed by atoms with E-state index >= 15 is 0 Å². The molecule has 2 N–H and O–H groups in total. The molecule has 0 aliphatic heterocycles. The molecule has 2 heterocycles. The Morgan fingerprint density at radius 3 is 1.38 bits per heavy atom. The summed E-state index contributed by atoms with van der Waals surface area (Å²) in [5, 5.41) is 7.82. The lowest BCUT2D eigenvalue weighted by Crippen LogP contribution is -2.14. The first-order chi connectivity index (χ1) is 16.5. The Labute approximate surface area is 213 Å². The van der Waals surface area contributed by atoms with Crippen molar-refractivity contribution in [2.24, 2.45) is 0 Å². The smallest absolute Gasteiger partial charge is 0.258 e.